The maximum atomic E-state index is 13.8. The summed E-state index contributed by atoms with van der Waals surface area (Å²) in [5.74, 6) is -0.693. The number of rotatable bonds is 5. The Morgan fingerprint density at radius 2 is 1.91 bits per heavy atom. The van der Waals surface area contributed by atoms with Gasteiger partial charge in [0.25, 0.3) is 5.56 Å². The van der Waals surface area contributed by atoms with Gasteiger partial charge in [-0.1, -0.05) is 27.5 Å². The Kier molecular flexibility index (Phi) is 6.04. The van der Waals surface area contributed by atoms with Gasteiger partial charge in [0.2, 0.25) is 0 Å². The van der Waals surface area contributed by atoms with Crippen molar-refractivity contribution < 1.29 is 8.78 Å². The number of anilines is 1. The van der Waals surface area contributed by atoms with Crippen LogP contribution in [0.15, 0.2) is 57.8 Å². The molecule has 5 rings (SSSR count). The Labute approximate surface area is 211 Å². The smallest absolute Gasteiger partial charge is 0.266 e. The van der Waals surface area contributed by atoms with Gasteiger partial charge in [0.15, 0.2) is 5.82 Å². The molecule has 0 saturated heterocycles. The van der Waals surface area contributed by atoms with Crippen LogP contribution in [0.3, 0.4) is 0 Å². The molecule has 11 heteroatoms. The topological polar surface area (TPSA) is 102 Å². The molecule has 0 aliphatic carbocycles. The minimum absolute atomic E-state index is 0.0438. The summed E-state index contributed by atoms with van der Waals surface area (Å²) >= 11 is 9.83. The number of benzene rings is 3. The van der Waals surface area contributed by atoms with Gasteiger partial charge in [-0.25, -0.2) is 13.8 Å². The predicted octanol–water partition coefficient (Wildman–Crippen LogP) is 5.24. The van der Waals surface area contributed by atoms with E-state index in [0.717, 1.165) is 10.5 Å². The van der Waals surface area contributed by atoms with Gasteiger partial charge in [0, 0.05) is 17.6 Å². The molecular weight excluding hydrogens is 542 g/mol. The van der Waals surface area contributed by atoms with Crippen LogP contribution >= 0.6 is 27.5 Å². The monoisotopic (exact) mass is 558 g/mol. The first-order valence-corrected chi connectivity index (χ1v) is 11.7. The van der Waals surface area contributed by atoms with E-state index in [0.29, 0.717) is 43.9 Å². The van der Waals surface area contributed by atoms with Crippen molar-refractivity contribution in [2.75, 3.05) is 12.4 Å². The molecule has 0 saturated carbocycles. The standard InChI is InChI=1S/C24H18BrClF2N6O/c1-30-22-20-16(26)4-5-19(21(20)32-33-22)34-23(17(29)8-11-6-13(27)10-14(28)7-11)31-18-9-12(25)2-3-15(18)24(34)35/h2-7,9-10,17H,8,29H2,1H3,(H2,30,32,33). The molecule has 0 radical (unpaired) electrons. The molecule has 0 spiro atoms. The highest BCUT2D eigenvalue weighted by Gasteiger charge is 2.23. The number of hydrogen-bond acceptors (Lipinski definition) is 5. The third-order valence-corrected chi connectivity index (χ3v) is 6.50. The van der Waals surface area contributed by atoms with Crippen LogP contribution in [0.2, 0.25) is 5.02 Å². The Hall–Kier alpha value is -3.34. The summed E-state index contributed by atoms with van der Waals surface area (Å²) < 4.78 is 29.7. The minimum atomic E-state index is -0.871. The molecule has 35 heavy (non-hydrogen) atoms. The second-order valence-electron chi connectivity index (χ2n) is 8.00. The molecule has 2 aromatic heterocycles. The van der Waals surface area contributed by atoms with E-state index in [1.807, 2.05) is 0 Å². The van der Waals surface area contributed by atoms with Crippen molar-refractivity contribution in [2.24, 2.45) is 5.73 Å². The number of aromatic amines is 1. The van der Waals surface area contributed by atoms with Gasteiger partial charge >= 0.3 is 0 Å². The van der Waals surface area contributed by atoms with Crippen molar-refractivity contribution in [3.8, 4) is 5.69 Å². The number of nitrogens with zero attached hydrogens (tertiary/aromatic N) is 3. The Morgan fingerprint density at radius 3 is 2.63 bits per heavy atom. The zero-order valence-electron chi connectivity index (χ0n) is 18.2. The molecule has 0 fully saturated rings. The molecule has 2 heterocycles. The first-order valence-electron chi connectivity index (χ1n) is 10.5. The summed E-state index contributed by atoms with van der Waals surface area (Å²) in [7, 11) is 1.71. The van der Waals surface area contributed by atoms with Crippen LogP contribution in [-0.4, -0.2) is 26.8 Å². The number of aromatic nitrogens is 4. The maximum absolute atomic E-state index is 13.8. The number of nitrogens with one attached hydrogen (secondary N) is 2. The lowest BCUT2D eigenvalue weighted by Gasteiger charge is -2.19. The highest BCUT2D eigenvalue weighted by atomic mass is 79.9. The van der Waals surface area contributed by atoms with Gasteiger partial charge in [-0.05, 0) is 54.4 Å². The van der Waals surface area contributed by atoms with Gasteiger partial charge < -0.3 is 11.1 Å². The fraction of sp³-hybridized carbons (Fsp3) is 0.125. The lowest BCUT2D eigenvalue weighted by atomic mass is 10.0. The van der Waals surface area contributed by atoms with Crippen LogP contribution in [0.4, 0.5) is 14.6 Å². The quantitative estimate of drug-likeness (QED) is 0.273. The summed E-state index contributed by atoms with van der Waals surface area (Å²) in [5.41, 5.74) is 7.89. The molecule has 178 valence electrons. The second kappa shape index (κ2) is 9.03. The van der Waals surface area contributed by atoms with Gasteiger partial charge in [-0.2, -0.15) is 5.10 Å². The number of nitrogens with two attached hydrogens (primary N) is 1. The first kappa shape index (κ1) is 23.4. The molecule has 4 N–H and O–H groups in total. The van der Waals surface area contributed by atoms with Crippen molar-refractivity contribution >= 4 is 55.2 Å². The summed E-state index contributed by atoms with van der Waals surface area (Å²) in [5, 5.41) is 11.6. The third kappa shape index (κ3) is 4.18. The average molecular weight is 560 g/mol. The minimum Gasteiger partial charge on any atom is -0.371 e. The highest BCUT2D eigenvalue weighted by molar-refractivity contribution is 9.10. The van der Waals surface area contributed by atoms with Gasteiger partial charge in [-0.3, -0.25) is 14.5 Å². The molecule has 0 amide bonds. The number of hydrogen-bond donors (Lipinski definition) is 3. The maximum Gasteiger partial charge on any atom is 0.266 e. The summed E-state index contributed by atoms with van der Waals surface area (Å²) in [6.45, 7) is 0. The first-order chi connectivity index (χ1) is 16.8. The van der Waals surface area contributed by atoms with Crippen molar-refractivity contribution in [1.82, 2.24) is 19.7 Å². The van der Waals surface area contributed by atoms with E-state index in [1.54, 1.807) is 37.4 Å². The SMILES string of the molecule is CNc1n[nH]c2c(-n3c(C(N)Cc4cc(F)cc(F)c4)nc4cc(Br)ccc4c3=O)ccc(Cl)c12. The van der Waals surface area contributed by atoms with Crippen LogP contribution in [0.5, 0.6) is 0 Å². The van der Waals surface area contributed by atoms with E-state index in [4.69, 9.17) is 22.3 Å². The van der Waals surface area contributed by atoms with Crippen molar-refractivity contribution in [3.63, 3.8) is 0 Å². The molecule has 3 aromatic carbocycles. The molecule has 0 aliphatic heterocycles. The van der Waals surface area contributed by atoms with E-state index in [1.165, 1.54) is 16.7 Å². The van der Waals surface area contributed by atoms with Gasteiger partial charge in [0.05, 0.1) is 38.6 Å². The second-order valence-corrected chi connectivity index (χ2v) is 9.32. The molecular formula is C24H18BrClF2N6O. The van der Waals surface area contributed by atoms with E-state index >= 15 is 0 Å². The van der Waals surface area contributed by atoms with E-state index in [-0.39, 0.29) is 17.8 Å². The van der Waals surface area contributed by atoms with E-state index in [2.05, 4.69) is 31.4 Å². The van der Waals surface area contributed by atoms with Gasteiger partial charge in [-0.15, -0.1) is 0 Å². The van der Waals surface area contributed by atoms with Crippen LogP contribution < -0.4 is 16.6 Å². The Morgan fingerprint density at radius 1 is 1.17 bits per heavy atom. The van der Waals surface area contributed by atoms with Crippen LogP contribution in [-0.2, 0) is 6.42 Å². The Balaban J connectivity index is 1.78. The molecule has 1 unspecified atom stereocenters. The highest BCUT2D eigenvalue weighted by Crippen LogP contribution is 2.33. The summed E-state index contributed by atoms with van der Waals surface area (Å²) in [6.07, 6.45) is 0.0438. The predicted molar refractivity (Wildman–Crippen MR) is 136 cm³/mol. The van der Waals surface area contributed by atoms with Crippen molar-refractivity contribution in [2.45, 2.75) is 12.5 Å². The largest absolute Gasteiger partial charge is 0.371 e. The summed E-state index contributed by atoms with van der Waals surface area (Å²) in [4.78, 5) is 18.5. The third-order valence-electron chi connectivity index (χ3n) is 5.69. The molecule has 5 aromatic rings. The number of H-pyrrole nitrogens is 1. The fourth-order valence-electron chi connectivity index (χ4n) is 4.18. The zero-order chi connectivity index (χ0) is 24.9. The van der Waals surface area contributed by atoms with Crippen LogP contribution in [0.25, 0.3) is 27.5 Å². The van der Waals surface area contributed by atoms with Crippen molar-refractivity contribution in [3.05, 3.63) is 91.4 Å². The number of fused-ring (bicyclic) bond motifs is 2. The normalized spacial score (nSPS) is 12.4. The van der Waals surface area contributed by atoms with Crippen LogP contribution in [0.1, 0.15) is 17.4 Å². The van der Waals surface area contributed by atoms with E-state index in [9.17, 15) is 13.6 Å². The lowest BCUT2D eigenvalue weighted by Crippen LogP contribution is -2.29. The lowest BCUT2D eigenvalue weighted by molar-refractivity contribution is 0.572. The zero-order valence-corrected chi connectivity index (χ0v) is 20.6. The average Bonchev–Trinajstić information content (AvgIpc) is 3.24. The summed E-state index contributed by atoms with van der Waals surface area (Å²) in [6, 6.07) is 10.8. The number of halogens is 4. The molecule has 0 bridgehead atoms. The Bertz CT molecular complexity index is 1650. The molecule has 0 aliphatic rings. The van der Waals surface area contributed by atoms with Crippen molar-refractivity contribution in [1.29, 1.82) is 0 Å². The van der Waals surface area contributed by atoms with E-state index < -0.39 is 17.7 Å². The van der Waals surface area contributed by atoms with Gasteiger partial charge in [0.1, 0.15) is 17.5 Å². The van der Waals surface area contributed by atoms with Crippen LogP contribution in [0, 0.1) is 11.6 Å². The molecule has 1 atom stereocenters. The fourth-order valence-corrected chi connectivity index (χ4v) is 4.77. The molecule has 7 nitrogen and oxygen atoms in total.